The van der Waals surface area contributed by atoms with Gasteiger partial charge in [0, 0.05) is 34.2 Å². The van der Waals surface area contributed by atoms with E-state index in [9.17, 15) is 0 Å². The molecule has 2 aliphatic carbocycles. The van der Waals surface area contributed by atoms with Crippen molar-refractivity contribution in [1.29, 1.82) is 5.41 Å². The zero-order chi connectivity index (χ0) is 13.8. The Morgan fingerprint density at radius 3 is 2.74 bits per heavy atom. The fraction of sp³-hybridized carbons (Fsp3) is 0.438. The fourth-order valence-electron chi connectivity index (χ4n) is 2.48. The molecule has 0 aliphatic heterocycles. The number of hydrogen-bond donors (Lipinski definition) is 2. The summed E-state index contributed by atoms with van der Waals surface area (Å²) >= 11 is 3.55. The van der Waals surface area contributed by atoms with Gasteiger partial charge in [0.2, 0.25) is 0 Å². The topological polar surface area (TPSA) is 44.1 Å². The molecule has 0 saturated heterocycles. The molecule has 0 amide bonds. The molecule has 0 aromatic heterocycles. The van der Waals surface area contributed by atoms with E-state index >= 15 is 0 Å². The summed E-state index contributed by atoms with van der Waals surface area (Å²) in [7, 11) is 0. The smallest absolute Gasteiger partial charge is 0.0496 e. The maximum Gasteiger partial charge on any atom is 0.0496 e. The number of aliphatic hydroxyl groups is 1. The van der Waals surface area contributed by atoms with E-state index in [0.29, 0.717) is 5.92 Å². The van der Waals surface area contributed by atoms with Crippen LogP contribution in [0.4, 0.5) is 0 Å². The molecule has 2 nitrogen and oxygen atoms in total. The summed E-state index contributed by atoms with van der Waals surface area (Å²) in [6.45, 7) is 2.33. The van der Waals surface area contributed by atoms with Crippen LogP contribution in [-0.2, 0) is 0 Å². The minimum atomic E-state index is 0.192. The summed E-state index contributed by atoms with van der Waals surface area (Å²) in [6.07, 6.45) is 13.2. The molecule has 0 radical (unpaired) electrons. The Morgan fingerprint density at radius 1 is 1.37 bits per heavy atom. The predicted octanol–water partition coefficient (Wildman–Crippen LogP) is 4.14. The lowest BCUT2D eigenvalue weighted by Gasteiger charge is -2.19. The van der Waals surface area contributed by atoms with Crippen LogP contribution in [0.5, 0.6) is 0 Å². The first kappa shape index (κ1) is 14.5. The van der Waals surface area contributed by atoms with Crippen LogP contribution in [0.3, 0.4) is 0 Å². The maximum atomic E-state index is 9.15. The van der Waals surface area contributed by atoms with Crippen LogP contribution in [0.25, 0.3) is 0 Å². The maximum absolute atomic E-state index is 9.15. The van der Waals surface area contributed by atoms with Gasteiger partial charge in [-0.1, -0.05) is 47.2 Å². The second-order valence-corrected chi connectivity index (χ2v) is 6.01. The molecule has 0 bridgehead atoms. The highest BCUT2D eigenvalue weighted by atomic mass is 79.9. The third kappa shape index (κ3) is 3.34. The third-order valence-corrected chi connectivity index (χ3v) is 4.36. The first-order valence-corrected chi connectivity index (χ1v) is 7.60. The average molecular weight is 322 g/mol. The van der Waals surface area contributed by atoms with Gasteiger partial charge in [-0.15, -0.1) is 0 Å². The van der Waals surface area contributed by atoms with Gasteiger partial charge in [-0.25, -0.2) is 0 Å². The first-order valence-electron chi connectivity index (χ1n) is 6.81. The van der Waals surface area contributed by atoms with Crippen molar-refractivity contribution in [3.05, 3.63) is 46.0 Å². The summed E-state index contributed by atoms with van der Waals surface area (Å²) in [6, 6.07) is 0. The fourth-order valence-corrected chi connectivity index (χ4v) is 2.89. The molecule has 0 saturated carbocycles. The van der Waals surface area contributed by atoms with E-state index in [1.165, 1.54) is 0 Å². The van der Waals surface area contributed by atoms with Gasteiger partial charge in [-0.2, -0.15) is 0 Å². The highest BCUT2D eigenvalue weighted by Gasteiger charge is 2.21. The Hall–Kier alpha value is -0.930. The van der Waals surface area contributed by atoms with Crippen LogP contribution in [0.15, 0.2) is 46.0 Å². The van der Waals surface area contributed by atoms with Gasteiger partial charge in [-0.3, -0.25) is 0 Å². The number of allylic oxidation sites excluding steroid dienone is 7. The molecule has 2 unspecified atom stereocenters. The van der Waals surface area contributed by atoms with Gasteiger partial charge in [0.05, 0.1) is 0 Å². The Balaban J connectivity index is 2.27. The van der Waals surface area contributed by atoms with Crippen molar-refractivity contribution in [2.24, 2.45) is 11.8 Å². The molecule has 2 atom stereocenters. The Labute approximate surface area is 123 Å². The lowest BCUT2D eigenvalue weighted by atomic mass is 9.86. The van der Waals surface area contributed by atoms with Crippen molar-refractivity contribution in [1.82, 2.24) is 0 Å². The first-order chi connectivity index (χ1) is 9.15. The molecule has 0 spiro atoms. The van der Waals surface area contributed by atoms with Crippen molar-refractivity contribution < 1.29 is 5.11 Å². The van der Waals surface area contributed by atoms with Crippen molar-refractivity contribution in [2.45, 2.75) is 26.2 Å². The van der Waals surface area contributed by atoms with Gasteiger partial charge in [-0.05, 0) is 30.9 Å². The third-order valence-electron chi connectivity index (χ3n) is 3.80. The normalized spacial score (nSPS) is 27.5. The van der Waals surface area contributed by atoms with E-state index < -0.39 is 0 Å². The second kappa shape index (κ2) is 6.49. The van der Waals surface area contributed by atoms with Crippen LogP contribution < -0.4 is 0 Å². The van der Waals surface area contributed by atoms with Gasteiger partial charge >= 0.3 is 0 Å². The number of hydrogen-bond acceptors (Lipinski definition) is 2. The molecule has 2 aliphatic rings. The van der Waals surface area contributed by atoms with E-state index in [-0.39, 0.29) is 12.5 Å². The molecule has 0 heterocycles. The minimum absolute atomic E-state index is 0.192. The van der Waals surface area contributed by atoms with Crippen molar-refractivity contribution in [3.8, 4) is 0 Å². The quantitative estimate of drug-likeness (QED) is 0.806. The number of halogens is 1. The highest BCUT2D eigenvalue weighted by molar-refractivity contribution is 9.11. The van der Waals surface area contributed by atoms with Crippen LogP contribution in [-0.4, -0.2) is 17.4 Å². The predicted molar refractivity (Wildman–Crippen MR) is 83.6 cm³/mol. The van der Waals surface area contributed by atoms with E-state index in [4.69, 9.17) is 10.5 Å². The summed E-state index contributed by atoms with van der Waals surface area (Å²) in [5, 5.41) is 17.6. The molecule has 19 heavy (non-hydrogen) atoms. The van der Waals surface area contributed by atoms with E-state index in [0.717, 1.165) is 40.6 Å². The number of nitrogens with one attached hydrogen (secondary N) is 1. The van der Waals surface area contributed by atoms with Crippen molar-refractivity contribution in [3.63, 3.8) is 0 Å². The second-order valence-electron chi connectivity index (χ2n) is 5.10. The SMILES string of the molecule is CCC1CC=C(Br)C=C(C2=CCC(CO)C=C2)C1=N. The highest BCUT2D eigenvalue weighted by Crippen LogP contribution is 2.31. The Kier molecular flexibility index (Phi) is 4.94. The van der Waals surface area contributed by atoms with Gasteiger partial charge in [0.15, 0.2) is 0 Å². The average Bonchev–Trinajstić information content (AvgIpc) is 2.58. The van der Waals surface area contributed by atoms with Gasteiger partial charge in [0.1, 0.15) is 0 Å². The lowest BCUT2D eigenvalue weighted by molar-refractivity contribution is 0.253. The standard InChI is InChI=1S/C16H20BrNO/c1-2-12-7-8-14(17)9-15(16(12)18)13-5-3-11(10-19)4-6-13/h3,5-6,8-9,11-12,18-19H,2,4,7,10H2,1H3. The zero-order valence-corrected chi connectivity index (χ0v) is 12.8. The molecule has 2 rings (SSSR count). The van der Waals surface area contributed by atoms with Crippen LogP contribution in [0.2, 0.25) is 0 Å². The van der Waals surface area contributed by atoms with Crippen LogP contribution in [0.1, 0.15) is 26.2 Å². The van der Waals surface area contributed by atoms with E-state index in [2.05, 4.69) is 35.0 Å². The molecule has 3 heteroatoms. The number of aliphatic hydroxyl groups excluding tert-OH is 1. The van der Waals surface area contributed by atoms with Gasteiger partial charge in [0.25, 0.3) is 0 Å². The van der Waals surface area contributed by atoms with Crippen LogP contribution >= 0.6 is 15.9 Å². The largest absolute Gasteiger partial charge is 0.396 e. The Morgan fingerprint density at radius 2 is 2.16 bits per heavy atom. The summed E-state index contributed by atoms with van der Waals surface area (Å²) < 4.78 is 1.06. The molecule has 0 aromatic rings. The monoisotopic (exact) mass is 321 g/mol. The minimum Gasteiger partial charge on any atom is -0.396 e. The summed E-state index contributed by atoms with van der Waals surface area (Å²) in [5.41, 5.74) is 2.85. The van der Waals surface area contributed by atoms with Crippen molar-refractivity contribution in [2.75, 3.05) is 6.61 Å². The Bertz CT molecular complexity index is 485. The zero-order valence-electron chi connectivity index (χ0n) is 11.2. The van der Waals surface area contributed by atoms with E-state index in [1.807, 2.05) is 18.2 Å². The van der Waals surface area contributed by atoms with Gasteiger partial charge < -0.3 is 10.5 Å². The van der Waals surface area contributed by atoms with E-state index in [1.54, 1.807) is 0 Å². The molecule has 0 aromatic carbocycles. The molecular weight excluding hydrogens is 302 g/mol. The summed E-state index contributed by atoms with van der Waals surface area (Å²) in [5.74, 6) is 0.524. The molecular formula is C16H20BrNO. The number of rotatable bonds is 3. The molecule has 0 fully saturated rings. The molecule has 2 N–H and O–H groups in total. The van der Waals surface area contributed by atoms with Crippen LogP contribution in [0, 0.1) is 17.2 Å². The molecule has 102 valence electrons. The van der Waals surface area contributed by atoms with Crippen molar-refractivity contribution >= 4 is 21.6 Å². The summed E-state index contributed by atoms with van der Waals surface area (Å²) in [4.78, 5) is 0. The lowest BCUT2D eigenvalue weighted by Crippen LogP contribution is -2.16.